The van der Waals surface area contributed by atoms with Crippen molar-refractivity contribution in [3.8, 4) is 23.3 Å². The molecule has 0 aliphatic rings. The van der Waals surface area contributed by atoms with E-state index >= 15 is 0 Å². The van der Waals surface area contributed by atoms with Gasteiger partial charge in [0.25, 0.3) is 0 Å². The van der Waals surface area contributed by atoms with E-state index in [1.807, 2.05) is 72.8 Å². The maximum absolute atomic E-state index is 9.82. The van der Waals surface area contributed by atoms with Crippen molar-refractivity contribution in [2.24, 2.45) is 0 Å². The molecule has 12 rings (SSSR count). The van der Waals surface area contributed by atoms with Crippen LogP contribution in [0.5, 0.6) is 0 Å². The van der Waals surface area contributed by atoms with E-state index in [-0.39, 0.29) is 0 Å². The molecule has 12 aromatic rings. The van der Waals surface area contributed by atoms with E-state index in [0.29, 0.717) is 11.1 Å². The summed E-state index contributed by atoms with van der Waals surface area (Å²) in [7, 11) is 0. The van der Waals surface area contributed by atoms with E-state index in [0.717, 1.165) is 66.7 Å². The lowest BCUT2D eigenvalue weighted by molar-refractivity contribution is 1.28. The summed E-state index contributed by atoms with van der Waals surface area (Å²) in [6.45, 7) is 0. The zero-order valence-electron chi connectivity index (χ0n) is 33.9. The Labute approximate surface area is 363 Å². The summed E-state index contributed by atoms with van der Waals surface area (Å²) in [5.74, 6) is 0. The van der Waals surface area contributed by atoms with E-state index in [4.69, 9.17) is 0 Å². The third-order valence-corrected chi connectivity index (χ3v) is 12.4. The van der Waals surface area contributed by atoms with Crippen molar-refractivity contribution in [2.75, 3.05) is 9.80 Å². The van der Waals surface area contributed by atoms with Gasteiger partial charge in [-0.2, -0.15) is 10.5 Å². The highest BCUT2D eigenvalue weighted by Crippen LogP contribution is 2.46. The van der Waals surface area contributed by atoms with E-state index in [2.05, 4.69) is 166 Å². The van der Waals surface area contributed by atoms with Gasteiger partial charge in [0.1, 0.15) is 0 Å². The Kier molecular flexibility index (Phi) is 8.22. The number of anilines is 6. The van der Waals surface area contributed by atoms with Crippen LogP contribution in [0.25, 0.3) is 70.8 Å². The van der Waals surface area contributed by atoms with Gasteiger partial charge in [-0.1, -0.05) is 91.0 Å². The Morgan fingerprint density at radius 1 is 0.317 bits per heavy atom. The molecule has 0 unspecified atom stereocenters. The van der Waals surface area contributed by atoms with Crippen LogP contribution in [0.15, 0.2) is 212 Å². The highest BCUT2D eigenvalue weighted by atomic mass is 15.1. The fourth-order valence-electron chi connectivity index (χ4n) is 9.56. The van der Waals surface area contributed by atoms with Crippen molar-refractivity contribution >= 4 is 93.8 Å². The lowest BCUT2D eigenvalue weighted by atomic mass is 9.97. The van der Waals surface area contributed by atoms with Crippen molar-refractivity contribution in [3.05, 3.63) is 223 Å². The van der Waals surface area contributed by atoms with E-state index in [9.17, 15) is 10.5 Å². The molecule has 0 fully saturated rings. The zero-order valence-corrected chi connectivity index (χ0v) is 33.9. The number of fused-ring (bicyclic) bond motifs is 8. The number of para-hydroxylation sites is 2. The van der Waals surface area contributed by atoms with Crippen molar-refractivity contribution in [1.82, 2.24) is 4.40 Å². The molecule has 0 aliphatic carbocycles. The Bertz CT molecular complexity index is 3590. The van der Waals surface area contributed by atoms with Gasteiger partial charge in [0, 0.05) is 55.7 Å². The number of aromatic nitrogens is 1. The molecule has 0 bridgehead atoms. The maximum atomic E-state index is 9.82. The Morgan fingerprint density at radius 2 is 0.746 bits per heavy atom. The van der Waals surface area contributed by atoms with Crippen LogP contribution < -0.4 is 9.80 Å². The van der Waals surface area contributed by atoms with Gasteiger partial charge in [0.2, 0.25) is 0 Å². The number of benzene rings is 10. The van der Waals surface area contributed by atoms with Crippen LogP contribution in [-0.2, 0) is 0 Å². The summed E-state index contributed by atoms with van der Waals surface area (Å²) in [5.41, 5.74) is 13.0. The topological polar surface area (TPSA) is 58.5 Å². The predicted molar refractivity (Wildman–Crippen MR) is 260 cm³/mol. The van der Waals surface area contributed by atoms with Crippen molar-refractivity contribution in [3.63, 3.8) is 0 Å². The molecule has 2 aromatic heterocycles. The van der Waals surface area contributed by atoms with Gasteiger partial charge < -0.3 is 14.2 Å². The second-order valence-corrected chi connectivity index (χ2v) is 16.1. The highest BCUT2D eigenvalue weighted by Gasteiger charge is 2.22. The van der Waals surface area contributed by atoms with Crippen molar-refractivity contribution in [2.45, 2.75) is 0 Å². The molecule has 10 aromatic carbocycles. The Balaban J connectivity index is 1.11. The lowest BCUT2D eigenvalue weighted by Gasteiger charge is -2.26. The van der Waals surface area contributed by atoms with Gasteiger partial charge >= 0.3 is 0 Å². The first-order chi connectivity index (χ1) is 31.1. The molecule has 63 heavy (non-hydrogen) atoms. The summed E-state index contributed by atoms with van der Waals surface area (Å²) in [6.07, 6.45) is 0. The van der Waals surface area contributed by atoms with Crippen LogP contribution in [0.2, 0.25) is 0 Å². The van der Waals surface area contributed by atoms with Crippen LogP contribution >= 0.6 is 0 Å². The highest BCUT2D eigenvalue weighted by molar-refractivity contribution is 6.27. The van der Waals surface area contributed by atoms with Crippen LogP contribution in [0.1, 0.15) is 11.1 Å². The Morgan fingerprint density at radius 3 is 1.21 bits per heavy atom. The van der Waals surface area contributed by atoms with Crippen molar-refractivity contribution in [1.29, 1.82) is 10.5 Å². The van der Waals surface area contributed by atoms with E-state index < -0.39 is 0 Å². The van der Waals surface area contributed by atoms with Gasteiger partial charge in [-0.25, -0.2) is 0 Å². The summed E-state index contributed by atoms with van der Waals surface area (Å²) in [4.78, 5) is 4.44. The molecular weight excluding hydrogens is 767 g/mol. The molecule has 5 nitrogen and oxygen atoms in total. The molecule has 0 amide bonds. The smallest absolute Gasteiger partial charge is 0.0992 e. The summed E-state index contributed by atoms with van der Waals surface area (Å²) in [5, 5.41) is 29.0. The average Bonchev–Trinajstić information content (AvgIpc) is 3.84. The monoisotopic (exact) mass is 801 g/mol. The SMILES string of the molecule is N#Cc1cccc(N(c2ccccc2)c2ccc3cc4c5cc(-c6ccccc6)cc6c7cc8ccc(N(c9ccccc9)c9cccc(C#N)c9)cc8cc7n(c4cc3c2)c56)c1. The van der Waals surface area contributed by atoms with Crippen LogP contribution in [0.3, 0.4) is 0 Å². The van der Waals surface area contributed by atoms with Gasteiger partial charge in [0.15, 0.2) is 0 Å². The quantitative estimate of drug-likeness (QED) is 0.161. The second kappa shape index (κ2) is 14.4. The Hall–Kier alpha value is -8.90. The minimum absolute atomic E-state index is 0.615. The summed E-state index contributed by atoms with van der Waals surface area (Å²) >= 11 is 0. The van der Waals surface area contributed by atoms with Crippen LogP contribution in [0, 0.1) is 22.7 Å². The fraction of sp³-hybridized carbons (Fsp3) is 0. The molecule has 0 spiro atoms. The summed E-state index contributed by atoms with van der Waals surface area (Å²) in [6, 6.07) is 79.0. The number of nitriles is 2. The van der Waals surface area contributed by atoms with Crippen LogP contribution in [0.4, 0.5) is 34.1 Å². The molecular formula is C58H35N5. The predicted octanol–water partition coefficient (Wildman–Crippen LogP) is 15.5. The number of hydrogen-bond acceptors (Lipinski definition) is 4. The first kappa shape index (κ1) is 36.0. The van der Waals surface area contributed by atoms with E-state index in [1.165, 1.54) is 38.2 Å². The second-order valence-electron chi connectivity index (χ2n) is 16.1. The number of nitrogens with zero attached hydrogens (tertiary/aromatic N) is 5. The molecule has 0 saturated carbocycles. The number of hydrogen-bond donors (Lipinski definition) is 0. The van der Waals surface area contributed by atoms with Gasteiger partial charge in [-0.05, 0) is 154 Å². The third kappa shape index (κ3) is 5.92. The van der Waals surface area contributed by atoms with Gasteiger partial charge in [-0.15, -0.1) is 0 Å². The zero-order chi connectivity index (χ0) is 42.0. The van der Waals surface area contributed by atoms with Gasteiger partial charge in [-0.3, -0.25) is 0 Å². The average molecular weight is 802 g/mol. The van der Waals surface area contributed by atoms with E-state index in [1.54, 1.807) is 0 Å². The molecule has 0 aliphatic heterocycles. The molecule has 0 atom stereocenters. The van der Waals surface area contributed by atoms with Gasteiger partial charge in [0.05, 0.1) is 39.8 Å². The minimum atomic E-state index is 0.615. The first-order valence-corrected chi connectivity index (χ1v) is 21.0. The standard InChI is InChI=1S/C58H35N5/c59-36-38-12-10-20-48(26-38)61(46-16-6-2-7-17-46)50-24-22-41-30-52-54-32-45(40-14-4-1-5-15-40)33-55-53-31-42-23-25-51(29-44(42)35-57(53)63(58(54)55)56(52)34-43(41)28-50)62(47-18-8-3-9-19-47)49-21-11-13-39(27-49)37-60/h1-35H. The fourth-order valence-corrected chi connectivity index (χ4v) is 9.56. The van der Waals surface area contributed by atoms with Crippen LogP contribution in [-0.4, -0.2) is 4.40 Å². The lowest BCUT2D eigenvalue weighted by Crippen LogP contribution is -2.10. The molecule has 0 saturated heterocycles. The summed E-state index contributed by atoms with van der Waals surface area (Å²) < 4.78 is 2.47. The third-order valence-electron chi connectivity index (χ3n) is 12.4. The first-order valence-electron chi connectivity index (χ1n) is 21.0. The number of rotatable bonds is 7. The molecule has 0 N–H and O–H groups in total. The maximum Gasteiger partial charge on any atom is 0.0992 e. The molecule has 2 heterocycles. The molecule has 292 valence electrons. The van der Waals surface area contributed by atoms with Crippen molar-refractivity contribution < 1.29 is 0 Å². The largest absolute Gasteiger partial charge is 0.310 e. The molecule has 0 radical (unpaired) electrons. The normalized spacial score (nSPS) is 11.5. The molecule has 5 heteroatoms. The minimum Gasteiger partial charge on any atom is -0.310 e.